The molecule has 0 bridgehead atoms. The monoisotopic (exact) mass is 408 g/mol. The number of methoxy groups -OCH3 is 1. The molecular weight excluding hydrogens is 376 g/mol. The van der Waals surface area contributed by atoms with Crippen molar-refractivity contribution in [3.8, 4) is 5.75 Å². The van der Waals surface area contributed by atoms with Crippen molar-refractivity contribution in [1.29, 1.82) is 0 Å². The van der Waals surface area contributed by atoms with Crippen LogP contribution in [0.3, 0.4) is 0 Å². The van der Waals surface area contributed by atoms with Crippen LogP contribution in [0.4, 0.5) is 0 Å². The van der Waals surface area contributed by atoms with E-state index in [2.05, 4.69) is 24.1 Å². The highest BCUT2D eigenvalue weighted by Gasteiger charge is 2.22. The maximum Gasteiger partial charge on any atom is 0.252 e. The van der Waals surface area contributed by atoms with Crippen LogP contribution in [0, 0.1) is 5.92 Å². The van der Waals surface area contributed by atoms with E-state index in [1.54, 1.807) is 7.11 Å². The van der Waals surface area contributed by atoms with Gasteiger partial charge >= 0.3 is 0 Å². The van der Waals surface area contributed by atoms with E-state index in [9.17, 15) is 4.79 Å². The molecule has 1 aliphatic heterocycles. The second-order valence-electron chi connectivity index (χ2n) is 8.02. The lowest BCUT2D eigenvalue weighted by Crippen LogP contribution is -2.48. The van der Waals surface area contributed by atoms with Crippen LogP contribution in [0.1, 0.15) is 25.0 Å². The summed E-state index contributed by atoms with van der Waals surface area (Å²) in [5.74, 6) is 1.24. The van der Waals surface area contributed by atoms with Gasteiger partial charge in [0.25, 0.3) is 5.91 Å². The number of rotatable bonds is 8. The number of ether oxygens (including phenoxy) is 2. The largest absolute Gasteiger partial charge is 0.496 e. The van der Waals surface area contributed by atoms with Gasteiger partial charge in [-0.05, 0) is 23.6 Å². The second-order valence-corrected chi connectivity index (χ2v) is 8.02. The molecule has 1 aliphatic rings. The summed E-state index contributed by atoms with van der Waals surface area (Å²) < 4.78 is 11.3. The summed E-state index contributed by atoms with van der Waals surface area (Å²) in [6.07, 6.45) is 1.89. The quantitative estimate of drug-likeness (QED) is 0.534. The molecule has 1 N–H and O–H groups in total. The van der Waals surface area contributed by atoms with E-state index in [-0.39, 0.29) is 12.0 Å². The zero-order valence-electron chi connectivity index (χ0n) is 18.1. The standard InChI is InChI=1S/C25H32N2O3/c1-19(2)17-27-13-14-30-22(18-27)16-26-25(28)23(20-9-5-4-6-10-20)15-21-11-7-8-12-24(21)29-3/h4-12,15,19,22H,13-14,16-18H2,1-3H3,(H,26,28)/b23-15+. The minimum atomic E-state index is -0.114. The SMILES string of the molecule is COc1ccccc1/C=C(/C(=O)NCC1CN(CC(C)C)CCO1)c1ccccc1. The lowest BCUT2D eigenvalue weighted by atomic mass is 10.0. The molecule has 0 aliphatic carbocycles. The van der Waals surface area contributed by atoms with Gasteiger partial charge in [0.05, 0.1) is 19.8 Å². The molecule has 0 radical (unpaired) electrons. The van der Waals surface area contributed by atoms with Crippen molar-refractivity contribution in [3.05, 3.63) is 65.7 Å². The van der Waals surface area contributed by atoms with E-state index in [4.69, 9.17) is 9.47 Å². The number of carbonyl (C=O) groups is 1. The number of amides is 1. The van der Waals surface area contributed by atoms with Crippen LogP contribution in [0.2, 0.25) is 0 Å². The van der Waals surface area contributed by atoms with E-state index in [1.165, 1.54) is 0 Å². The van der Waals surface area contributed by atoms with Crippen molar-refractivity contribution >= 4 is 17.6 Å². The predicted octanol–water partition coefficient (Wildman–Crippen LogP) is 3.71. The number of hydrogen-bond donors (Lipinski definition) is 1. The Kier molecular flexibility index (Phi) is 8.05. The summed E-state index contributed by atoms with van der Waals surface area (Å²) in [5.41, 5.74) is 2.34. The zero-order valence-corrected chi connectivity index (χ0v) is 18.1. The van der Waals surface area contributed by atoms with Crippen molar-refractivity contribution in [3.63, 3.8) is 0 Å². The summed E-state index contributed by atoms with van der Waals surface area (Å²) in [7, 11) is 1.64. The van der Waals surface area contributed by atoms with Crippen LogP contribution in [0.25, 0.3) is 11.6 Å². The molecule has 3 rings (SSSR count). The number of nitrogens with one attached hydrogen (secondary N) is 1. The Bertz CT molecular complexity index is 848. The second kappa shape index (κ2) is 11.0. The zero-order chi connectivity index (χ0) is 21.3. The summed E-state index contributed by atoms with van der Waals surface area (Å²) in [6.45, 7) is 8.49. The molecule has 30 heavy (non-hydrogen) atoms. The van der Waals surface area contributed by atoms with Gasteiger partial charge in [0.2, 0.25) is 0 Å². The molecular formula is C25H32N2O3. The minimum Gasteiger partial charge on any atom is -0.496 e. The van der Waals surface area contributed by atoms with E-state index >= 15 is 0 Å². The van der Waals surface area contributed by atoms with Crippen molar-refractivity contribution in [2.45, 2.75) is 20.0 Å². The fourth-order valence-electron chi connectivity index (χ4n) is 3.73. The minimum absolute atomic E-state index is 0.00438. The van der Waals surface area contributed by atoms with Crippen molar-refractivity contribution in [1.82, 2.24) is 10.2 Å². The average Bonchev–Trinajstić information content (AvgIpc) is 2.76. The lowest BCUT2D eigenvalue weighted by Gasteiger charge is -2.34. The van der Waals surface area contributed by atoms with Crippen molar-refractivity contribution < 1.29 is 14.3 Å². The molecule has 2 aromatic carbocycles. The summed E-state index contributed by atoms with van der Waals surface area (Å²) >= 11 is 0. The lowest BCUT2D eigenvalue weighted by molar-refractivity contribution is -0.116. The normalized spacial score (nSPS) is 17.7. The molecule has 1 amide bonds. The van der Waals surface area contributed by atoms with Gasteiger partial charge in [-0.1, -0.05) is 62.4 Å². The molecule has 1 fully saturated rings. The molecule has 0 spiro atoms. The van der Waals surface area contributed by atoms with Crippen LogP contribution in [-0.2, 0) is 9.53 Å². The number of carbonyl (C=O) groups excluding carboxylic acids is 1. The molecule has 160 valence electrons. The molecule has 5 heteroatoms. The Morgan fingerprint density at radius 1 is 1.20 bits per heavy atom. The molecule has 0 saturated carbocycles. The molecule has 0 aromatic heterocycles. The first kappa shape index (κ1) is 22.1. The molecule has 1 saturated heterocycles. The van der Waals surface area contributed by atoms with E-state index < -0.39 is 0 Å². The van der Waals surface area contributed by atoms with Gasteiger partial charge in [-0.25, -0.2) is 0 Å². The van der Waals surface area contributed by atoms with Crippen LogP contribution in [0.15, 0.2) is 54.6 Å². The topological polar surface area (TPSA) is 50.8 Å². The first-order valence-electron chi connectivity index (χ1n) is 10.6. The average molecular weight is 409 g/mol. The maximum atomic E-state index is 13.2. The van der Waals surface area contributed by atoms with Gasteiger partial charge in [0.1, 0.15) is 5.75 Å². The third kappa shape index (κ3) is 6.18. The summed E-state index contributed by atoms with van der Waals surface area (Å²) in [4.78, 5) is 15.6. The molecule has 2 aromatic rings. The Balaban J connectivity index is 1.74. The van der Waals surface area contributed by atoms with Gasteiger partial charge in [0, 0.05) is 37.3 Å². The summed E-state index contributed by atoms with van der Waals surface area (Å²) in [5, 5.41) is 3.08. The van der Waals surface area contributed by atoms with E-state index in [0.717, 1.165) is 36.5 Å². The molecule has 1 atom stereocenters. The summed E-state index contributed by atoms with van der Waals surface area (Å²) in [6, 6.07) is 17.4. The first-order valence-corrected chi connectivity index (χ1v) is 10.6. The Morgan fingerprint density at radius 2 is 1.93 bits per heavy atom. The molecule has 1 heterocycles. The van der Waals surface area contributed by atoms with Gasteiger partial charge in [-0.2, -0.15) is 0 Å². The highest BCUT2D eigenvalue weighted by Crippen LogP contribution is 2.25. The third-order valence-corrected chi connectivity index (χ3v) is 5.10. The van der Waals surface area contributed by atoms with E-state index in [0.29, 0.717) is 24.6 Å². The smallest absolute Gasteiger partial charge is 0.252 e. The predicted molar refractivity (Wildman–Crippen MR) is 121 cm³/mol. The Morgan fingerprint density at radius 3 is 2.67 bits per heavy atom. The molecule has 5 nitrogen and oxygen atoms in total. The van der Waals surface area contributed by atoms with Gasteiger partial charge < -0.3 is 14.8 Å². The molecule has 1 unspecified atom stereocenters. The first-order chi connectivity index (χ1) is 14.6. The third-order valence-electron chi connectivity index (χ3n) is 5.10. The van der Waals surface area contributed by atoms with Crippen molar-refractivity contribution in [2.75, 3.05) is 39.9 Å². The number of hydrogen-bond acceptors (Lipinski definition) is 4. The van der Waals surface area contributed by atoms with Gasteiger partial charge in [-0.15, -0.1) is 0 Å². The van der Waals surface area contributed by atoms with Crippen LogP contribution in [0.5, 0.6) is 5.75 Å². The highest BCUT2D eigenvalue weighted by atomic mass is 16.5. The fraction of sp³-hybridized carbons (Fsp3) is 0.400. The number of nitrogens with zero attached hydrogens (tertiary/aromatic N) is 1. The van der Waals surface area contributed by atoms with E-state index in [1.807, 2.05) is 60.7 Å². The Labute approximate surface area is 179 Å². The van der Waals surface area contributed by atoms with Crippen LogP contribution in [-0.4, -0.2) is 56.8 Å². The number of morpholine rings is 1. The Hall–Kier alpha value is -2.63. The highest BCUT2D eigenvalue weighted by molar-refractivity contribution is 6.24. The van der Waals surface area contributed by atoms with Crippen molar-refractivity contribution in [2.24, 2.45) is 5.92 Å². The van der Waals surface area contributed by atoms with Crippen LogP contribution < -0.4 is 10.1 Å². The number of para-hydroxylation sites is 1. The number of benzene rings is 2. The fourth-order valence-corrected chi connectivity index (χ4v) is 3.73. The van der Waals surface area contributed by atoms with Gasteiger partial charge in [0.15, 0.2) is 0 Å². The van der Waals surface area contributed by atoms with Crippen LogP contribution >= 0.6 is 0 Å². The maximum absolute atomic E-state index is 13.2. The van der Waals surface area contributed by atoms with Gasteiger partial charge in [-0.3, -0.25) is 9.69 Å².